The molecule has 2 aliphatic rings. The minimum atomic E-state index is -0.762. The van der Waals surface area contributed by atoms with Crippen LogP contribution in [0.2, 0.25) is 0 Å². The summed E-state index contributed by atoms with van der Waals surface area (Å²) in [4.78, 5) is 75.2. The van der Waals surface area contributed by atoms with Crippen LogP contribution in [-0.2, 0) is 47.7 Å². The average molecular weight is 1110 g/mol. The second-order valence-corrected chi connectivity index (χ2v) is 23.4. The van der Waals surface area contributed by atoms with Crippen LogP contribution in [0, 0.1) is 23.7 Å². The molecule has 0 aromatic rings. The molecule has 2 rings (SSSR count). The highest BCUT2D eigenvalue weighted by Gasteiger charge is 2.27. The van der Waals surface area contributed by atoms with Crippen molar-refractivity contribution in [1.82, 2.24) is 9.80 Å². The zero-order chi connectivity index (χ0) is 57.1. The number of ether oxygens (including phenoxy) is 4. The first kappa shape index (κ1) is 72.8. The van der Waals surface area contributed by atoms with E-state index in [1.165, 1.54) is 89.9 Å². The predicted octanol–water partition coefficient (Wildman–Crippen LogP) is 15.1. The Bertz CT molecular complexity index is 1410. The molecule has 0 spiro atoms. The van der Waals surface area contributed by atoms with E-state index in [1.807, 2.05) is 0 Å². The molecule has 14 nitrogen and oxygen atoms in total. The molecule has 0 bridgehead atoms. The lowest BCUT2D eigenvalue weighted by Crippen LogP contribution is -2.34. The summed E-state index contributed by atoms with van der Waals surface area (Å²) >= 11 is 0. The number of carbonyl (C=O) groups is 6. The fourth-order valence-electron chi connectivity index (χ4n) is 10.6. The van der Waals surface area contributed by atoms with Crippen molar-refractivity contribution in [2.24, 2.45) is 23.7 Å². The highest BCUT2D eigenvalue weighted by molar-refractivity contribution is 5.73. The number of rotatable bonds is 50. The third-order valence-corrected chi connectivity index (χ3v) is 16.0. The molecule has 78 heavy (non-hydrogen) atoms. The molecular weight excluding hydrogens is 989 g/mol. The van der Waals surface area contributed by atoms with E-state index in [2.05, 4.69) is 37.7 Å². The van der Waals surface area contributed by atoms with Crippen molar-refractivity contribution >= 4 is 35.8 Å². The molecule has 456 valence electrons. The van der Waals surface area contributed by atoms with E-state index in [1.54, 1.807) is 0 Å². The van der Waals surface area contributed by atoms with Gasteiger partial charge in [0.1, 0.15) is 0 Å². The summed E-state index contributed by atoms with van der Waals surface area (Å²) in [6, 6.07) is 0. The quantitative estimate of drug-likeness (QED) is 0.0333. The van der Waals surface area contributed by atoms with Crippen LogP contribution >= 0.6 is 0 Å². The molecule has 2 N–H and O–H groups in total. The number of nitrogens with zero attached hydrogens (tertiary/aromatic N) is 2. The number of carboxylic acid groups (broad SMARTS) is 2. The topological polar surface area (TPSA) is 186 Å². The molecule has 0 radical (unpaired) electrons. The lowest BCUT2D eigenvalue weighted by Gasteiger charge is -2.28. The van der Waals surface area contributed by atoms with Crippen LogP contribution in [0.1, 0.15) is 284 Å². The molecule has 0 unspecified atom stereocenters. The third kappa shape index (κ3) is 45.5. The Morgan fingerprint density at radius 2 is 0.641 bits per heavy atom. The first-order valence-electron chi connectivity index (χ1n) is 32.3. The second kappa shape index (κ2) is 51.9. The average Bonchev–Trinajstić information content (AvgIpc) is 3.42. The molecule has 0 saturated carbocycles. The number of unbranched alkanes of at least 4 members (excludes halogenated alkanes) is 24. The van der Waals surface area contributed by atoms with E-state index in [0.717, 1.165) is 167 Å². The highest BCUT2D eigenvalue weighted by Crippen LogP contribution is 2.25. The largest absolute Gasteiger partial charge is 0.481 e. The molecule has 14 heteroatoms. The normalized spacial score (nSPS) is 14.5. The molecule has 0 atom stereocenters. The van der Waals surface area contributed by atoms with Gasteiger partial charge in [-0.05, 0) is 142 Å². The summed E-state index contributed by atoms with van der Waals surface area (Å²) in [5, 5.41) is 17.4. The Morgan fingerprint density at radius 3 is 0.936 bits per heavy atom. The van der Waals surface area contributed by atoms with Gasteiger partial charge in [-0.2, -0.15) is 0 Å². The summed E-state index contributed by atoms with van der Waals surface area (Å²) < 4.78 is 22.4. The molecular formula is C64H118N2O12. The van der Waals surface area contributed by atoms with Gasteiger partial charge >= 0.3 is 35.8 Å². The minimum absolute atomic E-state index is 0.00276. The van der Waals surface area contributed by atoms with E-state index in [-0.39, 0.29) is 54.5 Å². The fourth-order valence-corrected chi connectivity index (χ4v) is 10.6. The van der Waals surface area contributed by atoms with Crippen LogP contribution in [-0.4, -0.2) is 123 Å². The van der Waals surface area contributed by atoms with E-state index in [9.17, 15) is 28.8 Å². The van der Waals surface area contributed by atoms with Crippen LogP contribution in [0.5, 0.6) is 0 Å². The summed E-state index contributed by atoms with van der Waals surface area (Å²) in [6.45, 7) is 10.3. The number of hydrogen-bond acceptors (Lipinski definition) is 12. The smallest absolute Gasteiger partial charge is 0.309 e. The number of aliphatic carboxylic acids is 2. The highest BCUT2D eigenvalue weighted by atomic mass is 16.5. The second-order valence-electron chi connectivity index (χ2n) is 23.4. The van der Waals surface area contributed by atoms with Gasteiger partial charge in [0.05, 0.1) is 38.3 Å². The number of hydrogen-bond donors (Lipinski definition) is 2. The molecule has 0 aliphatic carbocycles. The first-order valence-corrected chi connectivity index (χ1v) is 32.3. The number of esters is 4. The Hall–Kier alpha value is -3.26. The van der Waals surface area contributed by atoms with Gasteiger partial charge in [0.25, 0.3) is 0 Å². The van der Waals surface area contributed by atoms with E-state index in [0.29, 0.717) is 58.0 Å². The predicted molar refractivity (Wildman–Crippen MR) is 313 cm³/mol. The molecule has 0 aromatic carbocycles. The van der Waals surface area contributed by atoms with Crippen LogP contribution in [0.25, 0.3) is 0 Å². The van der Waals surface area contributed by atoms with Crippen molar-refractivity contribution in [3.63, 3.8) is 0 Å². The van der Waals surface area contributed by atoms with Crippen LogP contribution < -0.4 is 0 Å². The van der Waals surface area contributed by atoms with E-state index >= 15 is 0 Å². The minimum Gasteiger partial charge on any atom is -0.481 e. The van der Waals surface area contributed by atoms with Crippen LogP contribution in [0.3, 0.4) is 0 Å². The molecule has 2 fully saturated rings. The summed E-state index contributed by atoms with van der Waals surface area (Å²) in [5.74, 6) is -1.17. The van der Waals surface area contributed by atoms with Gasteiger partial charge < -0.3 is 39.0 Å². The Labute approximate surface area is 475 Å². The van der Waals surface area contributed by atoms with Gasteiger partial charge in [-0.1, -0.05) is 168 Å². The van der Waals surface area contributed by atoms with Gasteiger partial charge in [-0.25, -0.2) is 0 Å². The molecule has 2 heterocycles. The van der Waals surface area contributed by atoms with Crippen LogP contribution in [0.15, 0.2) is 0 Å². The monoisotopic (exact) mass is 1110 g/mol. The zero-order valence-electron chi connectivity index (χ0n) is 50.5. The van der Waals surface area contributed by atoms with Crippen molar-refractivity contribution in [2.75, 3.05) is 66.7 Å². The summed E-state index contributed by atoms with van der Waals surface area (Å²) in [7, 11) is 4.17. The Morgan fingerprint density at radius 1 is 0.372 bits per heavy atom. The van der Waals surface area contributed by atoms with Crippen molar-refractivity contribution in [2.45, 2.75) is 284 Å². The molecule has 0 aromatic heterocycles. The summed E-state index contributed by atoms with van der Waals surface area (Å²) in [5.41, 5.74) is 0. The van der Waals surface area contributed by atoms with Crippen molar-refractivity contribution in [1.29, 1.82) is 0 Å². The van der Waals surface area contributed by atoms with Crippen molar-refractivity contribution in [3.05, 3.63) is 0 Å². The van der Waals surface area contributed by atoms with E-state index in [4.69, 9.17) is 29.2 Å². The maximum atomic E-state index is 12.8. The number of carbonyl (C=O) groups excluding carboxylic acids is 4. The standard InChI is InChI=1S/C43H81NO6.C21H37NO6/c1-4-6-8-10-12-14-16-18-26-36-48-41(45)30-24-20-22-28-39(38-50-43(47)40-32-34-44(3)35-33-40)29-23-21-25-31-42(46)49-37-27-19-17-15-13-11-9-7-5-2;1-22-14-12-18(13-15-22)21(27)28-16-17(8-4-2-6-10-19(23)24)9-5-3-7-11-20(25)26/h39-40H,4-38H2,1-3H3;17-18H,2-16H2,1H3,(H,23,24)(H,25,26). The fraction of sp³-hybridized carbons (Fsp3) is 0.906. The van der Waals surface area contributed by atoms with Crippen LogP contribution in [0.4, 0.5) is 0 Å². The molecule has 2 aliphatic heterocycles. The number of carboxylic acids is 2. The Balaban J connectivity index is 0.000000915. The third-order valence-electron chi connectivity index (χ3n) is 16.0. The maximum absolute atomic E-state index is 12.8. The van der Waals surface area contributed by atoms with Gasteiger partial charge in [0, 0.05) is 25.7 Å². The molecule has 0 amide bonds. The first-order chi connectivity index (χ1) is 37.8. The van der Waals surface area contributed by atoms with Crippen molar-refractivity contribution in [3.8, 4) is 0 Å². The number of piperidine rings is 2. The van der Waals surface area contributed by atoms with Gasteiger partial charge in [-0.3, -0.25) is 28.8 Å². The lowest BCUT2D eigenvalue weighted by atomic mass is 9.94. The van der Waals surface area contributed by atoms with E-state index < -0.39 is 11.9 Å². The zero-order valence-corrected chi connectivity index (χ0v) is 50.5. The SMILES string of the molecule is CCCCCCCCCCCOC(=O)CCCCCC(CCCCCC(=O)OCCCCCCCCCCC)COC(=O)C1CCN(C)CC1.CN1CCC(C(=O)OCC(CCCCCC(=O)O)CCCCCC(=O)O)CC1. The van der Waals surface area contributed by atoms with Gasteiger partial charge in [0.2, 0.25) is 0 Å². The molecule has 2 saturated heterocycles. The van der Waals surface area contributed by atoms with Crippen molar-refractivity contribution < 1.29 is 57.9 Å². The maximum Gasteiger partial charge on any atom is 0.309 e. The Kier molecular flexibility index (Phi) is 48.4. The lowest BCUT2D eigenvalue weighted by molar-refractivity contribution is -0.152. The number of likely N-dealkylation sites (tertiary alicyclic amines) is 2. The van der Waals surface area contributed by atoms with Gasteiger partial charge in [-0.15, -0.1) is 0 Å². The summed E-state index contributed by atoms with van der Waals surface area (Å²) in [6.07, 6.45) is 42.0. The van der Waals surface area contributed by atoms with Gasteiger partial charge in [0.15, 0.2) is 0 Å².